The summed E-state index contributed by atoms with van der Waals surface area (Å²) in [5, 5.41) is 20.1. The lowest BCUT2D eigenvalue weighted by atomic mass is 10.1. The predicted octanol–water partition coefficient (Wildman–Crippen LogP) is 6.11. The van der Waals surface area contributed by atoms with Crippen LogP contribution >= 0.6 is 11.8 Å². The van der Waals surface area contributed by atoms with Crippen LogP contribution in [-0.4, -0.2) is 32.8 Å². The van der Waals surface area contributed by atoms with Crippen molar-refractivity contribution < 1.29 is 18.8 Å². The Morgan fingerprint density at radius 3 is 2.41 bits per heavy atom. The Bertz CT molecular complexity index is 1360. The van der Waals surface area contributed by atoms with Gasteiger partial charge in [0.1, 0.15) is 23.5 Å². The second kappa shape index (κ2) is 11.9. The molecule has 0 spiro atoms. The van der Waals surface area contributed by atoms with Gasteiger partial charge in [0.2, 0.25) is 6.54 Å². The Hall–Kier alpha value is -3.92. The molecule has 1 aromatic heterocycles. The molecule has 0 aliphatic rings. The highest BCUT2D eigenvalue weighted by Crippen LogP contribution is 2.39. The predicted molar refractivity (Wildman–Crippen MR) is 140 cm³/mol. The number of halogens is 1. The monoisotopic (exact) mass is 522 g/mol. The molecule has 10 heteroatoms. The minimum atomic E-state index is -0.548. The maximum Gasteiger partial charge on any atom is 0.220 e. The summed E-state index contributed by atoms with van der Waals surface area (Å²) >= 11 is 1.28. The molecule has 0 radical (unpaired) electrons. The highest BCUT2D eigenvalue weighted by Gasteiger charge is 2.25. The van der Waals surface area contributed by atoms with Crippen LogP contribution in [0.15, 0.2) is 71.9 Å². The molecule has 0 bridgehead atoms. The van der Waals surface area contributed by atoms with E-state index in [1.165, 1.54) is 23.9 Å². The first-order chi connectivity index (χ1) is 17.8. The molecular formula is C27H27FN4O4S. The van der Waals surface area contributed by atoms with Crippen molar-refractivity contribution in [1.29, 1.82) is 0 Å². The number of rotatable bonds is 11. The van der Waals surface area contributed by atoms with Crippen LogP contribution in [-0.2, 0) is 6.61 Å². The van der Waals surface area contributed by atoms with Gasteiger partial charge >= 0.3 is 0 Å². The average Bonchev–Trinajstić information content (AvgIpc) is 3.24. The van der Waals surface area contributed by atoms with Crippen molar-refractivity contribution in [3.05, 3.63) is 105 Å². The second-order valence-corrected chi connectivity index (χ2v) is 9.55. The van der Waals surface area contributed by atoms with Gasteiger partial charge in [0, 0.05) is 10.6 Å². The zero-order valence-electron chi connectivity index (χ0n) is 20.8. The van der Waals surface area contributed by atoms with E-state index in [-0.39, 0.29) is 23.9 Å². The summed E-state index contributed by atoms with van der Waals surface area (Å²) < 4.78 is 26.8. The van der Waals surface area contributed by atoms with Gasteiger partial charge in [-0.2, -0.15) is 0 Å². The van der Waals surface area contributed by atoms with E-state index in [1.807, 2.05) is 49.6 Å². The first kappa shape index (κ1) is 26.2. The standard InChI is InChI=1S/C27H27FN4O4S/c1-4-35-25-15-21(9-14-24(25)36-17-20-7-10-22(28)11-8-20)26(16-31(33)34)37-27-30-29-19(3)32(27)23-12-5-18(2)6-13-23/h5-15,26H,4,16-17H2,1-3H3/t26-/m0/s1. The van der Waals surface area contributed by atoms with Gasteiger partial charge in [-0.25, -0.2) is 4.39 Å². The van der Waals surface area contributed by atoms with Crippen LogP contribution in [0.3, 0.4) is 0 Å². The molecule has 0 aliphatic heterocycles. The number of aryl methyl sites for hydroxylation is 2. The van der Waals surface area contributed by atoms with Gasteiger partial charge < -0.3 is 9.47 Å². The summed E-state index contributed by atoms with van der Waals surface area (Å²) in [4.78, 5) is 11.3. The number of hydrogen-bond acceptors (Lipinski definition) is 7. The molecule has 1 atom stereocenters. The molecule has 0 fully saturated rings. The van der Waals surface area contributed by atoms with Gasteiger partial charge in [-0.3, -0.25) is 14.7 Å². The van der Waals surface area contributed by atoms with Crippen molar-refractivity contribution in [2.45, 2.75) is 37.8 Å². The molecule has 37 heavy (non-hydrogen) atoms. The molecule has 8 nitrogen and oxygen atoms in total. The van der Waals surface area contributed by atoms with Gasteiger partial charge in [-0.05, 0) is 68.3 Å². The van der Waals surface area contributed by atoms with Gasteiger partial charge in [-0.1, -0.05) is 47.7 Å². The van der Waals surface area contributed by atoms with Crippen LogP contribution in [0.1, 0.15) is 34.7 Å². The lowest BCUT2D eigenvalue weighted by Gasteiger charge is -2.17. The summed E-state index contributed by atoms with van der Waals surface area (Å²) in [7, 11) is 0. The Labute approximate surface area is 218 Å². The topological polar surface area (TPSA) is 92.3 Å². The maximum atomic E-state index is 13.2. The molecule has 1 heterocycles. The molecule has 192 valence electrons. The number of nitro groups is 1. The molecular weight excluding hydrogens is 495 g/mol. The summed E-state index contributed by atoms with van der Waals surface area (Å²) in [6.07, 6.45) is 0. The lowest BCUT2D eigenvalue weighted by Crippen LogP contribution is -2.11. The minimum absolute atomic E-state index is 0.228. The van der Waals surface area contributed by atoms with E-state index in [0.29, 0.717) is 34.7 Å². The molecule has 0 saturated carbocycles. The number of benzene rings is 3. The van der Waals surface area contributed by atoms with Crippen molar-refractivity contribution >= 4 is 11.8 Å². The van der Waals surface area contributed by atoms with E-state index in [2.05, 4.69) is 10.2 Å². The van der Waals surface area contributed by atoms with Crippen molar-refractivity contribution in [2.24, 2.45) is 0 Å². The van der Waals surface area contributed by atoms with Gasteiger partial charge in [-0.15, -0.1) is 10.2 Å². The van der Waals surface area contributed by atoms with Crippen LogP contribution in [0.5, 0.6) is 11.5 Å². The van der Waals surface area contributed by atoms with Gasteiger partial charge in [0.25, 0.3) is 0 Å². The molecule has 0 amide bonds. The van der Waals surface area contributed by atoms with Gasteiger partial charge in [0.05, 0.1) is 6.61 Å². The molecule has 0 aliphatic carbocycles. The van der Waals surface area contributed by atoms with Crippen LogP contribution in [0, 0.1) is 29.8 Å². The van der Waals surface area contributed by atoms with E-state index in [9.17, 15) is 14.5 Å². The van der Waals surface area contributed by atoms with Crippen molar-refractivity contribution in [1.82, 2.24) is 14.8 Å². The third-order valence-electron chi connectivity index (χ3n) is 5.60. The fourth-order valence-corrected chi connectivity index (χ4v) is 4.90. The average molecular weight is 523 g/mol. The number of hydrogen-bond donors (Lipinski definition) is 0. The van der Waals surface area contributed by atoms with E-state index < -0.39 is 5.25 Å². The molecule has 0 N–H and O–H groups in total. The fraction of sp³-hybridized carbons (Fsp3) is 0.259. The molecule has 4 aromatic rings. The zero-order chi connectivity index (χ0) is 26.4. The van der Waals surface area contributed by atoms with E-state index in [0.717, 1.165) is 16.8 Å². The van der Waals surface area contributed by atoms with Gasteiger partial charge in [0.15, 0.2) is 16.7 Å². The summed E-state index contributed by atoms with van der Waals surface area (Å²) in [5.41, 5.74) is 3.52. The Morgan fingerprint density at radius 2 is 1.73 bits per heavy atom. The fourth-order valence-electron chi connectivity index (χ4n) is 3.74. The van der Waals surface area contributed by atoms with Crippen LogP contribution < -0.4 is 9.47 Å². The van der Waals surface area contributed by atoms with Crippen molar-refractivity contribution in [3.63, 3.8) is 0 Å². The first-order valence-corrected chi connectivity index (χ1v) is 12.6. The number of thioether (sulfide) groups is 1. The Morgan fingerprint density at radius 1 is 1.00 bits per heavy atom. The lowest BCUT2D eigenvalue weighted by molar-refractivity contribution is -0.479. The van der Waals surface area contributed by atoms with Crippen molar-refractivity contribution in [3.8, 4) is 17.2 Å². The number of aromatic nitrogens is 3. The smallest absolute Gasteiger partial charge is 0.220 e. The summed E-state index contributed by atoms with van der Waals surface area (Å²) in [6.45, 7) is 6.02. The third-order valence-corrected chi connectivity index (χ3v) is 6.78. The maximum absolute atomic E-state index is 13.2. The molecule has 4 rings (SSSR count). The first-order valence-electron chi connectivity index (χ1n) is 11.8. The largest absolute Gasteiger partial charge is 0.490 e. The highest BCUT2D eigenvalue weighted by atomic mass is 32.2. The number of nitrogens with zero attached hydrogens (tertiary/aromatic N) is 4. The Kier molecular flexibility index (Phi) is 8.39. The highest BCUT2D eigenvalue weighted by molar-refractivity contribution is 7.99. The van der Waals surface area contributed by atoms with E-state index in [4.69, 9.17) is 9.47 Å². The minimum Gasteiger partial charge on any atom is -0.490 e. The Balaban J connectivity index is 1.61. The quantitative estimate of drug-likeness (QED) is 0.133. The molecule has 0 saturated heterocycles. The molecule has 3 aromatic carbocycles. The molecule has 0 unspecified atom stereocenters. The second-order valence-electron chi connectivity index (χ2n) is 8.38. The number of ether oxygens (including phenoxy) is 2. The summed E-state index contributed by atoms with van der Waals surface area (Å²) in [5.74, 6) is 1.35. The van der Waals surface area contributed by atoms with E-state index >= 15 is 0 Å². The van der Waals surface area contributed by atoms with Crippen LogP contribution in [0.4, 0.5) is 4.39 Å². The zero-order valence-corrected chi connectivity index (χ0v) is 21.6. The normalized spacial score (nSPS) is 11.8. The van der Waals surface area contributed by atoms with Crippen molar-refractivity contribution in [2.75, 3.05) is 13.2 Å². The van der Waals surface area contributed by atoms with E-state index in [1.54, 1.807) is 30.3 Å². The third kappa shape index (κ3) is 6.65. The summed E-state index contributed by atoms with van der Waals surface area (Å²) in [6, 6.07) is 19.3. The van der Waals surface area contributed by atoms with Crippen LogP contribution in [0.25, 0.3) is 5.69 Å². The van der Waals surface area contributed by atoms with Crippen LogP contribution in [0.2, 0.25) is 0 Å². The SMILES string of the molecule is CCOc1cc([C@H](C[N+](=O)[O-])Sc2nnc(C)n2-c2ccc(C)cc2)ccc1OCc1ccc(F)cc1.